The highest BCUT2D eigenvalue weighted by Gasteiger charge is 1.99. The van der Waals surface area contributed by atoms with Gasteiger partial charge in [0.25, 0.3) is 0 Å². The minimum atomic E-state index is -0.745. The van der Waals surface area contributed by atoms with E-state index in [-0.39, 0.29) is 6.42 Å². The summed E-state index contributed by atoms with van der Waals surface area (Å²) >= 11 is 0. The maximum Gasteiger partial charge on any atom is 0.303 e. The summed E-state index contributed by atoms with van der Waals surface area (Å²) in [5.41, 5.74) is 2.18. The smallest absolute Gasteiger partial charge is 0.303 e. The van der Waals surface area contributed by atoms with E-state index in [0.29, 0.717) is 19.5 Å². The zero-order valence-electron chi connectivity index (χ0n) is 8.86. The Morgan fingerprint density at radius 2 is 2.40 bits per heavy atom. The van der Waals surface area contributed by atoms with E-state index in [1.54, 1.807) is 6.20 Å². The summed E-state index contributed by atoms with van der Waals surface area (Å²) in [6.45, 7) is 3.43. The lowest BCUT2D eigenvalue weighted by molar-refractivity contribution is -0.137. The molecule has 0 aliphatic rings. The quantitative estimate of drug-likeness (QED) is 0.693. The molecule has 0 saturated heterocycles. The first-order chi connectivity index (χ1) is 7.20. The van der Waals surface area contributed by atoms with Crippen molar-refractivity contribution >= 4 is 5.97 Å². The molecule has 0 aliphatic carbocycles. The first-order valence-electron chi connectivity index (χ1n) is 5.03. The summed E-state index contributed by atoms with van der Waals surface area (Å²) in [6.07, 6.45) is 2.64. The van der Waals surface area contributed by atoms with Crippen LogP contribution in [0.2, 0.25) is 0 Å². The summed E-state index contributed by atoms with van der Waals surface area (Å²) in [7, 11) is 0. The standard InChI is InChI=1S/C11H16N2O2/c1-9-4-2-7-13-10(9)8-12-6-3-5-11(14)15/h2,4,7,12H,3,5-6,8H2,1H3,(H,14,15). The van der Waals surface area contributed by atoms with Gasteiger partial charge in [-0.2, -0.15) is 0 Å². The zero-order chi connectivity index (χ0) is 11.1. The molecule has 0 fully saturated rings. The van der Waals surface area contributed by atoms with E-state index in [2.05, 4.69) is 10.3 Å². The summed E-state index contributed by atoms with van der Waals surface area (Å²) < 4.78 is 0. The largest absolute Gasteiger partial charge is 0.481 e. The molecule has 0 spiro atoms. The highest BCUT2D eigenvalue weighted by Crippen LogP contribution is 2.02. The number of hydrogen-bond acceptors (Lipinski definition) is 3. The normalized spacial score (nSPS) is 10.2. The predicted octanol–water partition coefficient (Wildman–Crippen LogP) is 1.34. The van der Waals surface area contributed by atoms with Crippen LogP contribution in [0.15, 0.2) is 18.3 Å². The summed E-state index contributed by atoms with van der Waals surface area (Å²) in [5, 5.41) is 11.6. The summed E-state index contributed by atoms with van der Waals surface area (Å²) in [6, 6.07) is 3.92. The fourth-order valence-corrected chi connectivity index (χ4v) is 1.27. The molecule has 1 aromatic rings. The first-order valence-corrected chi connectivity index (χ1v) is 5.03. The van der Waals surface area contributed by atoms with E-state index >= 15 is 0 Å². The monoisotopic (exact) mass is 208 g/mol. The minimum absolute atomic E-state index is 0.216. The van der Waals surface area contributed by atoms with Crippen LogP contribution < -0.4 is 5.32 Å². The Kier molecular flexibility index (Phi) is 4.77. The molecule has 15 heavy (non-hydrogen) atoms. The third-order valence-corrected chi connectivity index (χ3v) is 2.15. The van der Waals surface area contributed by atoms with Crippen molar-refractivity contribution in [1.82, 2.24) is 10.3 Å². The van der Waals surface area contributed by atoms with Crippen LogP contribution in [0.5, 0.6) is 0 Å². The molecule has 0 bridgehead atoms. The van der Waals surface area contributed by atoms with E-state index in [1.807, 2.05) is 19.1 Å². The minimum Gasteiger partial charge on any atom is -0.481 e. The topological polar surface area (TPSA) is 62.2 Å². The highest BCUT2D eigenvalue weighted by molar-refractivity contribution is 5.66. The third-order valence-electron chi connectivity index (χ3n) is 2.15. The molecule has 0 atom stereocenters. The molecule has 0 aliphatic heterocycles. The average Bonchev–Trinajstić information content (AvgIpc) is 2.20. The fourth-order valence-electron chi connectivity index (χ4n) is 1.27. The van der Waals surface area contributed by atoms with Crippen LogP contribution in [0.4, 0.5) is 0 Å². The van der Waals surface area contributed by atoms with Gasteiger partial charge in [0.15, 0.2) is 0 Å². The summed E-state index contributed by atoms with van der Waals surface area (Å²) in [5.74, 6) is -0.745. The molecular formula is C11H16N2O2. The molecule has 4 nitrogen and oxygen atoms in total. The van der Waals surface area contributed by atoms with E-state index < -0.39 is 5.97 Å². The van der Waals surface area contributed by atoms with Gasteiger partial charge in [-0.15, -0.1) is 0 Å². The maximum atomic E-state index is 10.2. The van der Waals surface area contributed by atoms with Gasteiger partial charge in [0.05, 0.1) is 5.69 Å². The molecule has 2 N–H and O–H groups in total. The second-order valence-electron chi connectivity index (χ2n) is 3.44. The predicted molar refractivity (Wildman–Crippen MR) is 57.6 cm³/mol. The van der Waals surface area contributed by atoms with Gasteiger partial charge >= 0.3 is 5.97 Å². The molecular weight excluding hydrogens is 192 g/mol. The molecule has 1 aromatic heterocycles. The van der Waals surface area contributed by atoms with Gasteiger partial charge in [-0.25, -0.2) is 0 Å². The van der Waals surface area contributed by atoms with Crippen molar-refractivity contribution < 1.29 is 9.90 Å². The Hall–Kier alpha value is -1.42. The molecule has 82 valence electrons. The number of carbonyl (C=O) groups is 1. The molecule has 0 radical (unpaired) electrons. The van der Waals surface area contributed by atoms with Crippen LogP contribution in [-0.4, -0.2) is 22.6 Å². The van der Waals surface area contributed by atoms with Crippen molar-refractivity contribution in [2.75, 3.05) is 6.54 Å². The number of pyridine rings is 1. The van der Waals surface area contributed by atoms with E-state index in [0.717, 1.165) is 11.3 Å². The molecule has 1 rings (SSSR count). The molecule has 0 saturated carbocycles. The number of rotatable bonds is 6. The Labute approximate surface area is 89.3 Å². The van der Waals surface area contributed by atoms with Crippen molar-refractivity contribution in [2.24, 2.45) is 0 Å². The number of carboxylic acids is 1. The van der Waals surface area contributed by atoms with Gasteiger partial charge in [-0.05, 0) is 31.5 Å². The van der Waals surface area contributed by atoms with Crippen LogP contribution in [0.1, 0.15) is 24.1 Å². The van der Waals surface area contributed by atoms with E-state index in [4.69, 9.17) is 5.11 Å². The Bertz CT molecular complexity index is 326. The van der Waals surface area contributed by atoms with Crippen LogP contribution in [-0.2, 0) is 11.3 Å². The van der Waals surface area contributed by atoms with Crippen LogP contribution in [0, 0.1) is 6.92 Å². The lowest BCUT2D eigenvalue weighted by Gasteiger charge is -2.05. The second kappa shape index (κ2) is 6.14. The van der Waals surface area contributed by atoms with Crippen LogP contribution in [0.25, 0.3) is 0 Å². The highest BCUT2D eigenvalue weighted by atomic mass is 16.4. The second-order valence-corrected chi connectivity index (χ2v) is 3.44. The van der Waals surface area contributed by atoms with Gasteiger partial charge < -0.3 is 10.4 Å². The number of nitrogens with zero attached hydrogens (tertiary/aromatic N) is 1. The average molecular weight is 208 g/mol. The number of carboxylic acid groups (broad SMARTS) is 1. The van der Waals surface area contributed by atoms with Crippen molar-refractivity contribution in [3.8, 4) is 0 Å². The van der Waals surface area contributed by atoms with Crippen molar-refractivity contribution in [3.05, 3.63) is 29.6 Å². The van der Waals surface area contributed by atoms with E-state index in [9.17, 15) is 4.79 Å². The van der Waals surface area contributed by atoms with Crippen molar-refractivity contribution in [3.63, 3.8) is 0 Å². The van der Waals surface area contributed by atoms with Gasteiger partial charge in [0, 0.05) is 19.2 Å². The summed E-state index contributed by atoms with van der Waals surface area (Å²) in [4.78, 5) is 14.5. The van der Waals surface area contributed by atoms with Crippen LogP contribution >= 0.6 is 0 Å². The van der Waals surface area contributed by atoms with Gasteiger partial charge in [-0.3, -0.25) is 9.78 Å². The lowest BCUT2D eigenvalue weighted by Crippen LogP contribution is -2.17. The molecule has 4 heteroatoms. The SMILES string of the molecule is Cc1cccnc1CNCCCC(=O)O. The van der Waals surface area contributed by atoms with Crippen molar-refractivity contribution in [2.45, 2.75) is 26.3 Å². The molecule has 1 heterocycles. The zero-order valence-corrected chi connectivity index (χ0v) is 8.86. The number of nitrogens with one attached hydrogen (secondary N) is 1. The number of aryl methyl sites for hydroxylation is 1. The number of aliphatic carboxylic acids is 1. The first kappa shape index (κ1) is 11.7. The van der Waals surface area contributed by atoms with Gasteiger partial charge in [0.1, 0.15) is 0 Å². The van der Waals surface area contributed by atoms with Gasteiger partial charge in [0.2, 0.25) is 0 Å². The molecule has 0 unspecified atom stereocenters. The molecule has 0 aromatic carbocycles. The van der Waals surface area contributed by atoms with Crippen LogP contribution in [0.3, 0.4) is 0 Å². The van der Waals surface area contributed by atoms with E-state index in [1.165, 1.54) is 0 Å². The Morgan fingerprint density at radius 1 is 1.60 bits per heavy atom. The van der Waals surface area contributed by atoms with Crippen molar-refractivity contribution in [1.29, 1.82) is 0 Å². The fraction of sp³-hybridized carbons (Fsp3) is 0.455. The Morgan fingerprint density at radius 3 is 3.07 bits per heavy atom. The number of hydrogen-bond donors (Lipinski definition) is 2. The van der Waals surface area contributed by atoms with Gasteiger partial charge in [-0.1, -0.05) is 6.07 Å². The molecule has 0 amide bonds. The lowest BCUT2D eigenvalue weighted by atomic mass is 10.2. The Balaban J connectivity index is 2.21. The number of aromatic nitrogens is 1. The maximum absolute atomic E-state index is 10.2. The third kappa shape index (κ3) is 4.56.